The highest BCUT2D eigenvalue weighted by molar-refractivity contribution is 9.11. The molecule has 1 unspecified atom stereocenters. The fraction of sp³-hybridized carbons (Fsp3) is 0.250. The average molecular weight is 400 g/mol. The zero-order valence-electron chi connectivity index (χ0n) is 11.6. The van der Waals surface area contributed by atoms with E-state index in [2.05, 4.69) is 50.9 Å². The Balaban J connectivity index is 2.50. The summed E-state index contributed by atoms with van der Waals surface area (Å²) < 4.78 is 11.7. The molecule has 0 aromatic heterocycles. The van der Waals surface area contributed by atoms with Crippen LogP contribution in [0.1, 0.15) is 21.5 Å². The normalized spacial score (nSPS) is 12.1. The molecule has 2 rings (SSSR count). The molecule has 0 bridgehead atoms. The van der Waals surface area contributed by atoms with Gasteiger partial charge in [-0.15, -0.1) is 0 Å². The van der Waals surface area contributed by atoms with E-state index < -0.39 is 0 Å². The van der Waals surface area contributed by atoms with Crippen molar-refractivity contribution in [1.29, 1.82) is 0 Å². The molecule has 106 valence electrons. The largest absolute Gasteiger partial charge is 0.493 e. The summed E-state index contributed by atoms with van der Waals surface area (Å²) in [5, 5.41) is 0. The molecular weight excluding hydrogens is 384 g/mol. The molecule has 2 nitrogen and oxygen atoms in total. The molecule has 0 N–H and O–H groups in total. The van der Waals surface area contributed by atoms with Crippen molar-refractivity contribution in [3.8, 4) is 11.5 Å². The number of rotatable bonds is 4. The summed E-state index contributed by atoms with van der Waals surface area (Å²) in [5.74, 6) is 1.44. The number of methoxy groups -OCH3 is 2. The maximum Gasteiger partial charge on any atom is 0.161 e. The lowest BCUT2D eigenvalue weighted by Crippen LogP contribution is -1.99. The van der Waals surface area contributed by atoms with Gasteiger partial charge in [0.1, 0.15) is 0 Å². The van der Waals surface area contributed by atoms with Crippen molar-refractivity contribution >= 4 is 31.9 Å². The van der Waals surface area contributed by atoms with E-state index in [1.54, 1.807) is 14.2 Å². The van der Waals surface area contributed by atoms with E-state index in [1.807, 2.05) is 24.3 Å². The number of hydrogen-bond acceptors (Lipinski definition) is 2. The molecule has 0 saturated carbocycles. The predicted molar refractivity (Wildman–Crippen MR) is 89.2 cm³/mol. The predicted octanol–water partition coefficient (Wildman–Crippen LogP) is 5.26. The lowest BCUT2D eigenvalue weighted by Gasteiger charge is -2.17. The molecule has 0 aliphatic rings. The van der Waals surface area contributed by atoms with Gasteiger partial charge in [-0.05, 0) is 35.7 Å². The molecule has 0 aliphatic carbocycles. The summed E-state index contributed by atoms with van der Waals surface area (Å²) in [6.45, 7) is 2.11. The summed E-state index contributed by atoms with van der Waals surface area (Å²) in [5.41, 5.74) is 3.59. The number of hydrogen-bond donors (Lipinski definition) is 0. The van der Waals surface area contributed by atoms with Gasteiger partial charge in [0.2, 0.25) is 0 Å². The van der Waals surface area contributed by atoms with Crippen LogP contribution in [-0.4, -0.2) is 14.2 Å². The number of ether oxygens (including phenoxy) is 2. The third-order valence-electron chi connectivity index (χ3n) is 3.24. The highest BCUT2D eigenvalue weighted by Gasteiger charge is 2.18. The lowest BCUT2D eigenvalue weighted by molar-refractivity contribution is 0.354. The van der Waals surface area contributed by atoms with E-state index in [-0.39, 0.29) is 4.83 Å². The number of alkyl halides is 1. The second-order valence-corrected chi connectivity index (χ2v) is 6.22. The number of aryl methyl sites for hydroxylation is 1. The van der Waals surface area contributed by atoms with Crippen LogP contribution in [0, 0.1) is 6.92 Å². The number of benzene rings is 2. The summed E-state index contributed by atoms with van der Waals surface area (Å²) in [7, 11) is 3.28. The van der Waals surface area contributed by atoms with E-state index >= 15 is 0 Å². The van der Waals surface area contributed by atoms with Crippen molar-refractivity contribution in [1.82, 2.24) is 0 Å². The van der Waals surface area contributed by atoms with E-state index in [9.17, 15) is 0 Å². The van der Waals surface area contributed by atoms with Crippen LogP contribution in [0.15, 0.2) is 40.9 Å². The van der Waals surface area contributed by atoms with Crippen LogP contribution in [0.3, 0.4) is 0 Å². The van der Waals surface area contributed by atoms with Gasteiger partial charge >= 0.3 is 0 Å². The van der Waals surface area contributed by atoms with Crippen LogP contribution in [0.25, 0.3) is 0 Å². The van der Waals surface area contributed by atoms with E-state index in [4.69, 9.17) is 9.47 Å². The average Bonchev–Trinajstić information content (AvgIpc) is 2.46. The maximum absolute atomic E-state index is 5.38. The van der Waals surface area contributed by atoms with Gasteiger partial charge < -0.3 is 9.47 Å². The molecule has 0 amide bonds. The van der Waals surface area contributed by atoms with Crippen LogP contribution in [0.5, 0.6) is 11.5 Å². The second kappa shape index (κ2) is 6.64. The Morgan fingerprint density at radius 1 is 0.950 bits per heavy atom. The summed E-state index contributed by atoms with van der Waals surface area (Å²) in [4.78, 5) is 0.0953. The van der Waals surface area contributed by atoms with Crippen molar-refractivity contribution in [2.45, 2.75) is 11.8 Å². The third-order valence-corrected chi connectivity index (χ3v) is 4.91. The standard InChI is InChI=1S/C16H16Br2O2/c1-10-6-4-5-7-11(10)16(18)12-8-14(19-2)15(20-3)9-13(12)17/h4-9,16H,1-3H3. The minimum atomic E-state index is 0.0953. The Hall–Kier alpha value is -1.00. The molecule has 20 heavy (non-hydrogen) atoms. The van der Waals surface area contributed by atoms with Crippen molar-refractivity contribution in [3.05, 3.63) is 57.6 Å². The summed E-state index contributed by atoms with van der Waals surface area (Å²) in [6, 6.07) is 12.2. The van der Waals surface area contributed by atoms with Crippen molar-refractivity contribution in [3.63, 3.8) is 0 Å². The second-order valence-electron chi connectivity index (χ2n) is 4.45. The summed E-state index contributed by atoms with van der Waals surface area (Å²) >= 11 is 7.39. The van der Waals surface area contributed by atoms with Crippen molar-refractivity contribution in [2.75, 3.05) is 14.2 Å². The molecule has 0 radical (unpaired) electrons. The topological polar surface area (TPSA) is 18.5 Å². The Kier molecular flexibility index (Phi) is 5.11. The van der Waals surface area contributed by atoms with Crippen molar-refractivity contribution < 1.29 is 9.47 Å². The fourth-order valence-electron chi connectivity index (χ4n) is 2.10. The first-order chi connectivity index (χ1) is 9.58. The molecule has 0 aliphatic heterocycles. The maximum atomic E-state index is 5.38. The SMILES string of the molecule is COc1cc(Br)c(C(Br)c2ccccc2C)cc1OC. The van der Waals surface area contributed by atoms with E-state index in [1.165, 1.54) is 11.1 Å². The monoisotopic (exact) mass is 398 g/mol. The minimum absolute atomic E-state index is 0.0953. The van der Waals surface area contributed by atoms with Crippen LogP contribution in [-0.2, 0) is 0 Å². The molecule has 0 spiro atoms. The summed E-state index contributed by atoms with van der Waals surface area (Å²) in [6.07, 6.45) is 0. The smallest absolute Gasteiger partial charge is 0.161 e. The molecular formula is C16H16Br2O2. The zero-order chi connectivity index (χ0) is 14.7. The van der Waals surface area contributed by atoms with E-state index in [0.29, 0.717) is 5.75 Å². The number of halogens is 2. The van der Waals surface area contributed by atoms with Crippen LogP contribution >= 0.6 is 31.9 Å². The van der Waals surface area contributed by atoms with Gasteiger partial charge in [-0.2, -0.15) is 0 Å². The Labute approximate surface area is 136 Å². The molecule has 0 fully saturated rings. The molecule has 0 saturated heterocycles. The first kappa shape index (κ1) is 15.4. The molecule has 0 heterocycles. The first-order valence-corrected chi connectivity index (χ1v) is 7.90. The molecule has 2 aromatic carbocycles. The van der Waals surface area contributed by atoms with Gasteiger partial charge in [-0.3, -0.25) is 0 Å². The van der Waals surface area contributed by atoms with Crippen LogP contribution < -0.4 is 9.47 Å². The Bertz CT molecular complexity index is 611. The van der Waals surface area contributed by atoms with Gasteiger partial charge in [0.15, 0.2) is 11.5 Å². The third kappa shape index (κ3) is 3.01. The Morgan fingerprint density at radius 3 is 2.15 bits per heavy atom. The zero-order valence-corrected chi connectivity index (χ0v) is 14.8. The van der Waals surface area contributed by atoms with Gasteiger partial charge in [0.05, 0.1) is 19.0 Å². The molecule has 4 heteroatoms. The Morgan fingerprint density at radius 2 is 1.55 bits per heavy atom. The van der Waals surface area contributed by atoms with Gasteiger partial charge in [-0.1, -0.05) is 56.1 Å². The fourth-order valence-corrected chi connectivity index (χ4v) is 3.85. The molecule has 1 atom stereocenters. The van der Waals surface area contributed by atoms with Gasteiger partial charge in [0, 0.05) is 4.47 Å². The van der Waals surface area contributed by atoms with Gasteiger partial charge in [-0.25, -0.2) is 0 Å². The van der Waals surface area contributed by atoms with Gasteiger partial charge in [0.25, 0.3) is 0 Å². The highest BCUT2D eigenvalue weighted by Crippen LogP contribution is 2.42. The van der Waals surface area contributed by atoms with Crippen molar-refractivity contribution in [2.24, 2.45) is 0 Å². The minimum Gasteiger partial charge on any atom is -0.493 e. The van der Waals surface area contributed by atoms with Crippen LogP contribution in [0.2, 0.25) is 0 Å². The first-order valence-electron chi connectivity index (χ1n) is 6.19. The quantitative estimate of drug-likeness (QED) is 0.653. The van der Waals surface area contributed by atoms with E-state index in [0.717, 1.165) is 15.8 Å². The van der Waals surface area contributed by atoms with Crippen LogP contribution in [0.4, 0.5) is 0 Å². The molecule has 2 aromatic rings. The lowest BCUT2D eigenvalue weighted by atomic mass is 10.00. The highest BCUT2D eigenvalue weighted by atomic mass is 79.9.